The molecule has 136 valence electrons. The summed E-state index contributed by atoms with van der Waals surface area (Å²) in [5.41, 5.74) is 3.14. The number of aryl methyl sites for hydroxylation is 1. The molecular weight excluding hydrogens is 390 g/mol. The summed E-state index contributed by atoms with van der Waals surface area (Å²) in [4.78, 5) is 16.8. The zero-order valence-corrected chi connectivity index (χ0v) is 16.6. The standard InChI is InChI=1S/C17H17N3O3S3/c1-11-9-15(16(21)10-25-17-19-7-8-24-17)12(2)20(11)13-3-5-14(6-4-13)26(18,22)23/h3-9H,10H2,1-2H3,(H2,18,22,23). The molecule has 2 aromatic heterocycles. The predicted octanol–water partition coefficient (Wildman–Crippen LogP) is 3.17. The fourth-order valence-corrected chi connectivity index (χ4v) is 4.75. The number of benzene rings is 1. The number of nitrogens with two attached hydrogens (primary N) is 1. The highest BCUT2D eigenvalue weighted by Gasteiger charge is 2.18. The minimum atomic E-state index is -3.73. The van der Waals surface area contributed by atoms with E-state index < -0.39 is 10.0 Å². The lowest BCUT2D eigenvalue weighted by Crippen LogP contribution is -2.12. The zero-order valence-electron chi connectivity index (χ0n) is 14.2. The number of hydrogen-bond acceptors (Lipinski definition) is 6. The summed E-state index contributed by atoms with van der Waals surface area (Å²) >= 11 is 2.93. The Hall–Kier alpha value is -1.94. The Morgan fingerprint density at radius 1 is 1.27 bits per heavy atom. The van der Waals surface area contributed by atoms with Crippen LogP contribution in [0, 0.1) is 13.8 Å². The van der Waals surface area contributed by atoms with Gasteiger partial charge in [-0.1, -0.05) is 11.8 Å². The number of ketones is 1. The van der Waals surface area contributed by atoms with Gasteiger partial charge in [0.2, 0.25) is 10.0 Å². The number of carbonyl (C=O) groups excluding carboxylic acids is 1. The van der Waals surface area contributed by atoms with Crippen LogP contribution in [-0.2, 0) is 10.0 Å². The molecule has 0 bridgehead atoms. The number of primary sulfonamides is 1. The minimum absolute atomic E-state index is 0.0331. The monoisotopic (exact) mass is 407 g/mol. The molecule has 3 rings (SSSR count). The van der Waals surface area contributed by atoms with Crippen LogP contribution in [-0.4, -0.2) is 29.5 Å². The molecule has 0 aliphatic heterocycles. The maximum Gasteiger partial charge on any atom is 0.238 e. The van der Waals surface area contributed by atoms with Crippen molar-refractivity contribution < 1.29 is 13.2 Å². The van der Waals surface area contributed by atoms with Gasteiger partial charge in [0.25, 0.3) is 0 Å². The van der Waals surface area contributed by atoms with E-state index in [1.54, 1.807) is 18.3 Å². The number of thiazole rings is 1. The molecule has 9 heteroatoms. The highest BCUT2D eigenvalue weighted by molar-refractivity contribution is 8.01. The van der Waals surface area contributed by atoms with Gasteiger partial charge in [0.15, 0.2) is 5.78 Å². The Kier molecular flexibility index (Phi) is 5.33. The first-order valence-electron chi connectivity index (χ1n) is 7.65. The molecule has 0 aliphatic rings. The average molecular weight is 408 g/mol. The van der Waals surface area contributed by atoms with E-state index in [0.717, 1.165) is 21.4 Å². The molecule has 0 saturated heterocycles. The van der Waals surface area contributed by atoms with Gasteiger partial charge in [-0.2, -0.15) is 0 Å². The van der Waals surface area contributed by atoms with Gasteiger partial charge >= 0.3 is 0 Å². The van der Waals surface area contributed by atoms with E-state index in [1.165, 1.54) is 35.2 Å². The molecule has 26 heavy (non-hydrogen) atoms. The first kappa shape index (κ1) is 18.8. The Balaban J connectivity index is 1.87. The van der Waals surface area contributed by atoms with Crippen molar-refractivity contribution in [1.82, 2.24) is 9.55 Å². The summed E-state index contributed by atoms with van der Waals surface area (Å²) in [6, 6.07) is 8.14. The molecule has 0 fully saturated rings. The molecule has 0 aliphatic carbocycles. The van der Waals surface area contributed by atoms with Crippen molar-refractivity contribution in [3.05, 3.63) is 58.9 Å². The van der Waals surface area contributed by atoms with E-state index in [4.69, 9.17) is 5.14 Å². The molecule has 0 atom stereocenters. The van der Waals surface area contributed by atoms with E-state index in [-0.39, 0.29) is 10.7 Å². The molecule has 2 heterocycles. The molecule has 0 unspecified atom stereocenters. The number of thioether (sulfide) groups is 1. The lowest BCUT2D eigenvalue weighted by molar-refractivity contribution is 0.102. The SMILES string of the molecule is Cc1cc(C(=O)CSc2nccs2)c(C)n1-c1ccc(S(N)(=O)=O)cc1. The second kappa shape index (κ2) is 7.36. The number of sulfonamides is 1. The number of aromatic nitrogens is 2. The van der Waals surface area contributed by atoms with Crippen LogP contribution < -0.4 is 5.14 Å². The lowest BCUT2D eigenvalue weighted by Gasteiger charge is -2.10. The molecule has 3 aromatic rings. The molecule has 6 nitrogen and oxygen atoms in total. The third kappa shape index (κ3) is 3.90. The summed E-state index contributed by atoms with van der Waals surface area (Å²) in [6.45, 7) is 3.78. The minimum Gasteiger partial charge on any atom is -0.318 e. The van der Waals surface area contributed by atoms with Crippen LogP contribution in [0.15, 0.2) is 51.1 Å². The number of hydrogen-bond donors (Lipinski definition) is 1. The second-order valence-electron chi connectivity index (χ2n) is 5.67. The van der Waals surface area contributed by atoms with Gasteiger partial charge in [0.1, 0.15) is 4.34 Å². The molecule has 0 saturated carbocycles. The fraction of sp³-hybridized carbons (Fsp3) is 0.176. The molecule has 0 amide bonds. The first-order chi connectivity index (χ1) is 12.3. The van der Waals surface area contributed by atoms with Crippen molar-refractivity contribution in [2.24, 2.45) is 5.14 Å². The van der Waals surface area contributed by atoms with Crippen molar-refractivity contribution in [3.63, 3.8) is 0 Å². The van der Waals surface area contributed by atoms with E-state index in [2.05, 4.69) is 4.98 Å². The van der Waals surface area contributed by atoms with Crippen LogP contribution in [0.2, 0.25) is 0 Å². The van der Waals surface area contributed by atoms with E-state index >= 15 is 0 Å². The summed E-state index contributed by atoms with van der Waals surface area (Å²) in [5, 5.41) is 7.02. The van der Waals surface area contributed by atoms with E-state index in [1.807, 2.05) is 29.9 Å². The van der Waals surface area contributed by atoms with Crippen LogP contribution in [0.25, 0.3) is 5.69 Å². The molecule has 0 spiro atoms. The van der Waals surface area contributed by atoms with Crippen LogP contribution in [0.4, 0.5) is 0 Å². The summed E-state index contributed by atoms with van der Waals surface area (Å²) < 4.78 is 25.6. The van der Waals surface area contributed by atoms with Crippen LogP contribution >= 0.6 is 23.1 Å². The van der Waals surface area contributed by atoms with Crippen molar-refractivity contribution in [2.45, 2.75) is 23.1 Å². The Bertz CT molecular complexity index is 1040. The molecule has 0 radical (unpaired) electrons. The summed E-state index contributed by atoms with van der Waals surface area (Å²) in [5.74, 6) is 0.355. The maximum absolute atomic E-state index is 12.6. The molecule has 1 aromatic carbocycles. The van der Waals surface area contributed by atoms with Gasteiger partial charge in [0.05, 0.1) is 10.6 Å². The van der Waals surface area contributed by atoms with Gasteiger partial charge in [0, 0.05) is 34.2 Å². The topological polar surface area (TPSA) is 95.0 Å². The van der Waals surface area contributed by atoms with E-state index in [9.17, 15) is 13.2 Å². The quantitative estimate of drug-likeness (QED) is 0.500. The van der Waals surface area contributed by atoms with Gasteiger partial charge in [-0.05, 0) is 44.2 Å². The fourth-order valence-electron chi connectivity index (χ4n) is 2.71. The lowest BCUT2D eigenvalue weighted by atomic mass is 10.2. The summed E-state index contributed by atoms with van der Waals surface area (Å²) in [7, 11) is -3.73. The highest BCUT2D eigenvalue weighted by atomic mass is 32.2. The third-order valence-corrected chi connectivity index (χ3v) is 6.79. The number of Topliss-reactive ketones (excluding diaryl/α,β-unsaturated/α-hetero) is 1. The smallest absolute Gasteiger partial charge is 0.238 e. The summed E-state index contributed by atoms with van der Waals surface area (Å²) in [6.07, 6.45) is 1.72. The number of rotatable bonds is 6. The Labute approximate surface area is 160 Å². The zero-order chi connectivity index (χ0) is 18.9. The highest BCUT2D eigenvalue weighted by Crippen LogP contribution is 2.25. The van der Waals surface area contributed by atoms with Gasteiger partial charge in [-0.3, -0.25) is 4.79 Å². The number of carbonyl (C=O) groups is 1. The van der Waals surface area contributed by atoms with Gasteiger partial charge < -0.3 is 4.57 Å². The molecular formula is C17H17N3O3S3. The van der Waals surface area contributed by atoms with Crippen molar-refractivity contribution in [3.8, 4) is 5.69 Å². The maximum atomic E-state index is 12.6. The van der Waals surface area contributed by atoms with Crippen LogP contribution in [0.1, 0.15) is 21.7 Å². The first-order valence-corrected chi connectivity index (χ1v) is 11.1. The Morgan fingerprint density at radius 2 is 1.96 bits per heavy atom. The normalized spacial score (nSPS) is 11.7. The van der Waals surface area contributed by atoms with Crippen molar-refractivity contribution in [2.75, 3.05) is 5.75 Å². The Morgan fingerprint density at radius 3 is 2.54 bits per heavy atom. The van der Waals surface area contributed by atoms with E-state index in [0.29, 0.717) is 11.3 Å². The van der Waals surface area contributed by atoms with Crippen LogP contribution in [0.3, 0.4) is 0 Å². The van der Waals surface area contributed by atoms with Crippen molar-refractivity contribution in [1.29, 1.82) is 0 Å². The number of nitrogens with zero attached hydrogens (tertiary/aromatic N) is 2. The molecule has 2 N–H and O–H groups in total. The van der Waals surface area contributed by atoms with Crippen LogP contribution in [0.5, 0.6) is 0 Å². The predicted molar refractivity (Wildman–Crippen MR) is 104 cm³/mol. The van der Waals surface area contributed by atoms with Gasteiger partial charge in [-0.25, -0.2) is 18.5 Å². The van der Waals surface area contributed by atoms with Crippen molar-refractivity contribution >= 4 is 38.9 Å². The second-order valence-corrected chi connectivity index (χ2v) is 9.35. The van der Waals surface area contributed by atoms with Gasteiger partial charge in [-0.15, -0.1) is 11.3 Å². The third-order valence-electron chi connectivity index (χ3n) is 3.89. The largest absolute Gasteiger partial charge is 0.318 e. The average Bonchev–Trinajstić information content (AvgIpc) is 3.20.